The maximum atomic E-state index is 11.2. The minimum Gasteiger partial charge on any atom is -0.382 e. The SMILES string of the molecule is COCC(CNC(=O)CNC(=O)CN)OC. The van der Waals surface area contributed by atoms with Crippen molar-refractivity contribution in [3.8, 4) is 0 Å². The molecule has 0 saturated carbocycles. The van der Waals surface area contributed by atoms with Crippen LogP contribution >= 0.6 is 0 Å². The van der Waals surface area contributed by atoms with Crippen LogP contribution in [0.1, 0.15) is 0 Å². The molecule has 0 spiro atoms. The van der Waals surface area contributed by atoms with Crippen molar-refractivity contribution >= 4 is 11.8 Å². The summed E-state index contributed by atoms with van der Waals surface area (Å²) < 4.78 is 9.92. The maximum absolute atomic E-state index is 11.2. The van der Waals surface area contributed by atoms with Crippen LogP contribution in [0.15, 0.2) is 0 Å². The lowest BCUT2D eigenvalue weighted by molar-refractivity contribution is -0.125. The summed E-state index contributed by atoms with van der Waals surface area (Å²) in [5, 5.41) is 4.96. The van der Waals surface area contributed by atoms with Gasteiger partial charge in [0.05, 0.1) is 25.8 Å². The molecule has 0 aromatic heterocycles. The number of nitrogens with one attached hydrogen (secondary N) is 2. The van der Waals surface area contributed by atoms with Crippen LogP contribution in [0.2, 0.25) is 0 Å². The Hall–Kier alpha value is -1.18. The number of rotatable bonds is 8. The molecule has 2 amide bonds. The number of ether oxygens (including phenoxy) is 2. The van der Waals surface area contributed by atoms with Crippen LogP contribution in [0.5, 0.6) is 0 Å². The number of nitrogens with two attached hydrogens (primary N) is 1. The minimum absolute atomic E-state index is 0.0839. The molecule has 0 radical (unpaired) electrons. The third-order valence-electron chi connectivity index (χ3n) is 1.84. The molecular formula is C9H19N3O4. The number of methoxy groups -OCH3 is 2. The van der Waals surface area contributed by atoms with Gasteiger partial charge in [0.25, 0.3) is 0 Å². The van der Waals surface area contributed by atoms with Crippen molar-refractivity contribution in [3.05, 3.63) is 0 Å². The van der Waals surface area contributed by atoms with Crippen LogP contribution < -0.4 is 16.4 Å². The number of amides is 2. The topological polar surface area (TPSA) is 103 Å². The third kappa shape index (κ3) is 7.16. The van der Waals surface area contributed by atoms with E-state index in [4.69, 9.17) is 15.2 Å². The summed E-state index contributed by atoms with van der Waals surface area (Å²) in [5.74, 6) is -0.657. The largest absolute Gasteiger partial charge is 0.382 e. The highest BCUT2D eigenvalue weighted by Crippen LogP contribution is 1.87. The number of hydrogen-bond donors (Lipinski definition) is 3. The Morgan fingerprint density at radius 3 is 2.44 bits per heavy atom. The number of hydrogen-bond acceptors (Lipinski definition) is 5. The van der Waals surface area contributed by atoms with Crippen LogP contribution in [-0.2, 0) is 19.1 Å². The van der Waals surface area contributed by atoms with Gasteiger partial charge in [0, 0.05) is 20.8 Å². The number of carbonyl (C=O) groups is 2. The normalized spacial score (nSPS) is 11.9. The molecule has 0 fully saturated rings. The first kappa shape index (κ1) is 14.8. The van der Waals surface area contributed by atoms with Gasteiger partial charge in [-0.3, -0.25) is 9.59 Å². The van der Waals surface area contributed by atoms with E-state index in [0.29, 0.717) is 13.2 Å². The highest BCUT2D eigenvalue weighted by Gasteiger charge is 2.09. The van der Waals surface area contributed by atoms with Gasteiger partial charge in [-0.1, -0.05) is 0 Å². The van der Waals surface area contributed by atoms with Crippen LogP contribution in [0.25, 0.3) is 0 Å². The zero-order valence-electron chi connectivity index (χ0n) is 9.62. The second kappa shape index (κ2) is 9.08. The van der Waals surface area contributed by atoms with Gasteiger partial charge < -0.3 is 25.8 Å². The van der Waals surface area contributed by atoms with Crippen LogP contribution in [0.4, 0.5) is 0 Å². The minimum atomic E-state index is -0.365. The van der Waals surface area contributed by atoms with Gasteiger partial charge in [0.2, 0.25) is 11.8 Å². The quantitative estimate of drug-likeness (QED) is 0.443. The molecule has 1 unspecified atom stereocenters. The van der Waals surface area contributed by atoms with Crippen molar-refractivity contribution in [1.29, 1.82) is 0 Å². The molecule has 1 atom stereocenters. The summed E-state index contributed by atoms with van der Waals surface area (Å²) in [7, 11) is 3.08. The van der Waals surface area contributed by atoms with E-state index in [1.165, 1.54) is 7.11 Å². The maximum Gasteiger partial charge on any atom is 0.239 e. The average Bonchev–Trinajstić information content (AvgIpc) is 2.31. The van der Waals surface area contributed by atoms with Gasteiger partial charge in [-0.2, -0.15) is 0 Å². The smallest absolute Gasteiger partial charge is 0.239 e. The molecule has 7 heteroatoms. The molecule has 16 heavy (non-hydrogen) atoms. The molecular weight excluding hydrogens is 214 g/mol. The molecule has 0 aromatic rings. The van der Waals surface area contributed by atoms with E-state index in [-0.39, 0.29) is 31.0 Å². The standard InChI is InChI=1S/C9H19N3O4/c1-15-6-7(16-2)4-11-9(14)5-12-8(13)3-10/h7H,3-6,10H2,1-2H3,(H,11,14)(H,12,13). The molecule has 7 nitrogen and oxygen atoms in total. The van der Waals surface area contributed by atoms with E-state index < -0.39 is 0 Å². The first-order valence-electron chi connectivity index (χ1n) is 4.89. The molecule has 0 bridgehead atoms. The zero-order valence-corrected chi connectivity index (χ0v) is 9.62. The average molecular weight is 233 g/mol. The van der Waals surface area contributed by atoms with Gasteiger partial charge in [0.15, 0.2) is 0 Å². The summed E-state index contributed by atoms with van der Waals surface area (Å²) in [6.45, 7) is 0.519. The van der Waals surface area contributed by atoms with Crippen LogP contribution in [0, 0.1) is 0 Å². The van der Waals surface area contributed by atoms with Crippen molar-refractivity contribution in [2.45, 2.75) is 6.10 Å². The molecule has 0 heterocycles. The monoisotopic (exact) mass is 233 g/mol. The molecule has 0 aromatic carbocycles. The van der Waals surface area contributed by atoms with Crippen molar-refractivity contribution < 1.29 is 19.1 Å². The molecule has 94 valence electrons. The van der Waals surface area contributed by atoms with Crippen molar-refractivity contribution in [1.82, 2.24) is 10.6 Å². The van der Waals surface area contributed by atoms with Crippen LogP contribution in [-0.4, -0.2) is 58.4 Å². The summed E-state index contributed by atoms with van der Waals surface area (Å²) in [4.78, 5) is 22.0. The lowest BCUT2D eigenvalue weighted by atomic mass is 10.3. The van der Waals surface area contributed by atoms with E-state index in [1.54, 1.807) is 7.11 Å². The highest BCUT2D eigenvalue weighted by molar-refractivity contribution is 5.85. The molecule has 0 aliphatic rings. The van der Waals surface area contributed by atoms with Crippen molar-refractivity contribution in [3.63, 3.8) is 0 Å². The Morgan fingerprint density at radius 2 is 1.94 bits per heavy atom. The van der Waals surface area contributed by atoms with E-state index >= 15 is 0 Å². The summed E-state index contributed by atoms with van der Waals surface area (Å²) in [6, 6.07) is 0. The molecule has 0 saturated heterocycles. The summed E-state index contributed by atoms with van der Waals surface area (Å²) in [6.07, 6.45) is -0.195. The fraction of sp³-hybridized carbons (Fsp3) is 0.778. The van der Waals surface area contributed by atoms with Gasteiger partial charge >= 0.3 is 0 Å². The molecule has 4 N–H and O–H groups in total. The Labute approximate surface area is 94.6 Å². The van der Waals surface area contributed by atoms with E-state index in [1.807, 2.05) is 0 Å². The van der Waals surface area contributed by atoms with Crippen molar-refractivity contribution in [2.24, 2.45) is 5.73 Å². The third-order valence-corrected chi connectivity index (χ3v) is 1.84. The predicted octanol–water partition coefficient (Wildman–Crippen LogP) is -2.16. The fourth-order valence-electron chi connectivity index (χ4n) is 0.937. The first-order valence-corrected chi connectivity index (χ1v) is 4.89. The second-order valence-corrected chi connectivity index (χ2v) is 3.10. The molecule has 0 aliphatic heterocycles. The van der Waals surface area contributed by atoms with E-state index in [9.17, 15) is 9.59 Å². The Bertz CT molecular complexity index is 223. The van der Waals surface area contributed by atoms with Gasteiger partial charge in [0.1, 0.15) is 0 Å². The second-order valence-electron chi connectivity index (χ2n) is 3.10. The molecule has 0 aliphatic carbocycles. The molecule has 0 rings (SSSR count). The van der Waals surface area contributed by atoms with Gasteiger partial charge in [-0.25, -0.2) is 0 Å². The first-order chi connectivity index (χ1) is 7.63. The Balaban J connectivity index is 3.66. The zero-order chi connectivity index (χ0) is 12.4. The van der Waals surface area contributed by atoms with Gasteiger partial charge in [-0.15, -0.1) is 0 Å². The summed E-state index contributed by atoms with van der Waals surface area (Å²) >= 11 is 0. The lowest BCUT2D eigenvalue weighted by Crippen LogP contribution is -2.42. The van der Waals surface area contributed by atoms with Crippen molar-refractivity contribution in [2.75, 3.05) is 40.5 Å². The number of carbonyl (C=O) groups excluding carboxylic acids is 2. The lowest BCUT2D eigenvalue weighted by Gasteiger charge is -2.15. The Kier molecular flexibility index (Phi) is 8.41. The fourth-order valence-corrected chi connectivity index (χ4v) is 0.937. The Morgan fingerprint density at radius 1 is 1.25 bits per heavy atom. The predicted molar refractivity (Wildman–Crippen MR) is 57.7 cm³/mol. The van der Waals surface area contributed by atoms with Gasteiger partial charge in [-0.05, 0) is 0 Å². The van der Waals surface area contributed by atoms with Crippen LogP contribution in [0.3, 0.4) is 0 Å². The van der Waals surface area contributed by atoms with E-state index in [2.05, 4.69) is 10.6 Å². The summed E-state index contributed by atoms with van der Waals surface area (Å²) in [5.41, 5.74) is 5.06. The van der Waals surface area contributed by atoms with E-state index in [0.717, 1.165) is 0 Å². The highest BCUT2D eigenvalue weighted by atomic mass is 16.5.